The highest BCUT2D eigenvalue weighted by atomic mass is 16.6. The molecule has 0 aliphatic carbocycles. The van der Waals surface area contributed by atoms with Crippen LogP contribution in [0.1, 0.15) is 20.8 Å². The molecule has 1 aliphatic rings. The molecule has 2 rings (SSSR count). The Morgan fingerprint density at radius 2 is 2.00 bits per heavy atom. The minimum absolute atomic E-state index is 0.0101. The first-order valence-corrected chi connectivity index (χ1v) is 8.91. The molecule has 1 aromatic heterocycles. The van der Waals surface area contributed by atoms with Crippen LogP contribution in [0.5, 0.6) is 0 Å². The number of hydrogen-bond acceptors (Lipinski definition) is 5. The fourth-order valence-electron chi connectivity index (χ4n) is 2.66. The van der Waals surface area contributed by atoms with Gasteiger partial charge in [-0.05, 0) is 20.8 Å². The Morgan fingerprint density at radius 1 is 1.30 bits per heavy atom. The van der Waals surface area contributed by atoms with Gasteiger partial charge in [-0.25, -0.2) is 4.79 Å². The van der Waals surface area contributed by atoms with Crippen molar-refractivity contribution in [3.63, 3.8) is 0 Å². The lowest BCUT2D eigenvalue weighted by Gasteiger charge is -2.35. The normalized spacial score (nSPS) is 15.7. The zero-order valence-electron chi connectivity index (χ0n) is 16.7. The van der Waals surface area contributed by atoms with E-state index in [1.807, 2.05) is 38.9 Å². The summed E-state index contributed by atoms with van der Waals surface area (Å²) in [6, 6.07) is 0. The van der Waals surface area contributed by atoms with E-state index in [1.54, 1.807) is 22.8 Å². The molecule has 0 saturated carbocycles. The molecule has 10 nitrogen and oxygen atoms in total. The van der Waals surface area contributed by atoms with Crippen LogP contribution in [0.4, 0.5) is 10.5 Å². The fraction of sp³-hybridized carbons (Fsp3) is 0.647. The molecule has 0 atom stereocenters. The predicted molar refractivity (Wildman–Crippen MR) is 103 cm³/mol. The summed E-state index contributed by atoms with van der Waals surface area (Å²) >= 11 is 0. The molecule has 0 spiro atoms. The zero-order valence-corrected chi connectivity index (χ0v) is 16.7. The SMILES string of the molecule is CN=C(NCCNC(=O)OC(C)(C)C)N1CCN(c2cnn(C)c2)C(=O)C1. The number of aliphatic imine (C=N–C) groups is 1. The third kappa shape index (κ3) is 6.15. The number of carbonyl (C=O) groups is 2. The van der Waals surface area contributed by atoms with E-state index in [2.05, 4.69) is 20.7 Å². The molecule has 0 unspecified atom stereocenters. The molecule has 0 aromatic carbocycles. The number of rotatable bonds is 4. The Bertz CT molecular complexity index is 693. The molecule has 0 bridgehead atoms. The maximum absolute atomic E-state index is 12.5. The van der Waals surface area contributed by atoms with E-state index in [4.69, 9.17) is 4.74 Å². The molecule has 2 heterocycles. The van der Waals surface area contributed by atoms with Crippen molar-refractivity contribution in [1.29, 1.82) is 0 Å². The van der Waals surface area contributed by atoms with Crippen LogP contribution in [0.15, 0.2) is 17.4 Å². The van der Waals surface area contributed by atoms with Crippen LogP contribution in [0.3, 0.4) is 0 Å². The van der Waals surface area contributed by atoms with Gasteiger partial charge in [0.15, 0.2) is 5.96 Å². The van der Waals surface area contributed by atoms with E-state index in [9.17, 15) is 9.59 Å². The first kappa shape index (κ1) is 20.5. The number of piperazine rings is 1. The van der Waals surface area contributed by atoms with E-state index < -0.39 is 11.7 Å². The number of carbonyl (C=O) groups excluding carboxylic acids is 2. The second kappa shape index (κ2) is 8.74. The van der Waals surface area contributed by atoms with Crippen molar-refractivity contribution < 1.29 is 14.3 Å². The Morgan fingerprint density at radius 3 is 2.56 bits per heavy atom. The number of aryl methyl sites for hydroxylation is 1. The minimum Gasteiger partial charge on any atom is -0.444 e. The molecule has 1 aromatic rings. The van der Waals surface area contributed by atoms with Crippen LogP contribution in [-0.4, -0.2) is 78.0 Å². The van der Waals surface area contributed by atoms with Gasteiger partial charge < -0.3 is 25.2 Å². The standard InChI is InChI=1S/C17H29N7O3/c1-17(2,3)27-16(26)20-7-6-19-15(18-4)23-8-9-24(14(25)12-23)13-10-21-22(5)11-13/h10-11H,6-9,12H2,1-5H3,(H,18,19)(H,20,26). The van der Waals surface area contributed by atoms with Gasteiger partial charge in [0, 0.05) is 46.5 Å². The first-order chi connectivity index (χ1) is 12.7. The van der Waals surface area contributed by atoms with Gasteiger partial charge in [-0.15, -0.1) is 0 Å². The molecule has 0 radical (unpaired) electrons. The number of guanidine groups is 1. The van der Waals surface area contributed by atoms with Crippen molar-refractivity contribution in [1.82, 2.24) is 25.3 Å². The maximum atomic E-state index is 12.5. The molecular weight excluding hydrogens is 350 g/mol. The average Bonchev–Trinajstić information content (AvgIpc) is 2.99. The van der Waals surface area contributed by atoms with E-state index in [0.717, 1.165) is 5.69 Å². The van der Waals surface area contributed by atoms with Crippen LogP contribution in [0, 0.1) is 0 Å². The number of aromatic nitrogens is 2. The van der Waals surface area contributed by atoms with Crippen LogP contribution in [0.25, 0.3) is 0 Å². The van der Waals surface area contributed by atoms with E-state index >= 15 is 0 Å². The fourth-order valence-corrected chi connectivity index (χ4v) is 2.66. The highest BCUT2D eigenvalue weighted by Crippen LogP contribution is 2.15. The van der Waals surface area contributed by atoms with Crippen LogP contribution in [0.2, 0.25) is 0 Å². The Balaban J connectivity index is 1.78. The van der Waals surface area contributed by atoms with Gasteiger partial charge in [0.05, 0.1) is 11.9 Å². The van der Waals surface area contributed by atoms with Crippen LogP contribution < -0.4 is 15.5 Å². The third-order valence-corrected chi connectivity index (χ3v) is 3.81. The largest absolute Gasteiger partial charge is 0.444 e. The van der Waals surface area contributed by atoms with Gasteiger partial charge in [-0.2, -0.15) is 5.10 Å². The average molecular weight is 379 g/mol. The number of nitrogens with one attached hydrogen (secondary N) is 2. The molecular formula is C17H29N7O3. The summed E-state index contributed by atoms with van der Waals surface area (Å²) in [5.41, 5.74) is 0.272. The lowest BCUT2D eigenvalue weighted by Crippen LogP contribution is -2.56. The first-order valence-electron chi connectivity index (χ1n) is 8.91. The van der Waals surface area contributed by atoms with Crippen molar-refractivity contribution >= 4 is 23.6 Å². The quantitative estimate of drug-likeness (QED) is 0.439. The monoisotopic (exact) mass is 379 g/mol. The molecule has 27 heavy (non-hydrogen) atoms. The van der Waals surface area contributed by atoms with Crippen LogP contribution >= 0.6 is 0 Å². The highest BCUT2D eigenvalue weighted by molar-refractivity contribution is 5.98. The smallest absolute Gasteiger partial charge is 0.407 e. The van der Waals surface area contributed by atoms with Gasteiger partial charge in [0.1, 0.15) is 12.1 Å². The minimum atomic E-state index is -0.526. The zero-order chi connectivity index (χ0) is 20.0. The maximum Gasteiger partial charge on any atom is 0.407 e. The summed E-state index contributed by atoms with van der Waals surface area (Å²) in [5, 5.41) is 9.95. The number of amides is 2. The van der Waals surface area contributed by atoms with Crippen molar-refractivity contribution in [3.8, 4) is 0 Å². The number of alkyl carbamates (subject to hydrolysis) is 1. The third-order valence-electron chi connectivity index (χ3n) is 3.81. The highest BCUT2D eigenvalue weighted by Gasteiger charge is 2.27. The summed E-state index contributed by atoms with van der Waals surface area (Å²) in [6.07, 6.45) is 3.05. The Kier molecular flexibility index (Phi) is 6.65. The predicted octanol–water partition coefficient (Wildman–Crippen LogP) is 0.169. The van der Waals surface area contributed by atoms with Gasteiger partial charge in [-0.3, -0.25) is 14.5 Å². The van der Waals surface area contributed by atoms with Gasteiger partial charge in [0.2, 0.25) is 5.91 Å². The van der Waals surface area contributed by atoms with E-state index in [-0.39, 0.29) is 12.5 Å². The second-order valence-electron chi connectivity index (χ2n) is 7.24. The second-order valence-corrected chi connectivity index (χ2v) is 7.24. The Hall–Kier alpha value is -2.78. The lowest BCUT2D eigenvalue weighted by atomic mass is 10.2. The number of anilines is 1. The molecule has 1 fully saturated rings. The lowest BCUT2D eigenvalue weighted by molar-refractivity contribution is -0.120. The van der Waals surface area contributed by atoms with Crippen molar-refractivity contribution in [2.24, 2.45) is 12.0 Å². The molecule has 2 amide bonds. The summed E-state index contributed by atoms with van der Waals surface area (Å²) in [6.45, 7) is 7.74. The summed E-state index contributed by atoms with van der Waals surface area (Å²) in [7, 11) is 3.49. The summed E-state index contributed by atoms with van der Waals surface area (Å²) in [4.78, 5) is 31.9. The van der Waals surface area contributed by atoms with E-state index in [0.29, 0.717) is 32.1 Å². The molecule has 1 saturated heterocycles. The topological polar surface area (TPSA) is 104 Å². The van der Waals surface area contributed by atoms with Gasteiger partial charge in [-0.1, -0.05) is 0 Å². The van der Waals surface area contributed by atoms with Crippen molar-refractivity contribution in [2.45, 2.75) is 26.4 Å². The number of ether oxygens (including phenoxy) is 1. The molecule has 1 aliphatic heterocycles. The van der Waals surface area contributed by atoms with Crippen molar-refractivity contribution in [3.05, 3.63) is 12.4 Å². The van der Waals surface area contributed by atoms with Gasteiger partial charge >= 0.3 is 6.09 Å². The van der Waals surface area contributed by atoms with Crippen molar-refractivity contribution in [2.75, 3.05) is 44.7 Å². The molecule has 150 valence electrons. The summed E-state index contributed by atoms with van der Waals surface area (Å²) in [5.74, 6) is 0.615. The van der Waals surface area contributed by atoms with E-state index in [1.165, 1.54) is 0 Å². The summed E-state index contributed by atoms with van der Waals surface area (Å²) < 4.78 is 6.86. The number of hydrogen-bond donors (Lipinski definition) is 2. The molecule has 2 N–H and O–H groups in total. The Labute approximate surface area is 159 Å². The molecule has 10 heteroatoms. The number of nitrogens with zero attached hydrogens (tertiary/aromatic N) is 5. The van der Waals surface area contributed by atoms with Gasteiger partial charge in [0.25, 0.3) is 0 Å². The van der Waals surface area contributed by atoms with Crippen LogP contribution in [-0.2, 0) is 16.6 Å².